The fraction of sp³-hybridized carbons (Fsp3) is 0.263. The summed E-state index contributed by atoms with van der Waals surface area (Å²) in [5.74, 6) is 0. The van der Waals surface area contributed by atoms with Crippen LogP contribution in [0.3, 0.4) is 0 Å². The van der Waals surface area contributed by atoms with Crippen LogP contribution in [-0.2, 0) is 27.1 Å². The SMILES string of the molecule is CC(C)(C)c1ccc(N2c3cc(C(C)(C)C)cc4c3B(c3oc5ccc(C(C)(C)C)cc5c32)n2c3ccc(C(C)(C)C)cc3c3c(N(c5ccc(C(C)(C)C)cc5)c5cc(-c6ccccc6)ccc5-c5ccccc5)ccc-4c32)cc1. The van der Waals surface area contributed by atoms with E-state index in [0.29, 0.717) is 0 Å². The molecule has 0 saturated carbocycles. The zero-order chi connectivity index (χ0) is 56.9. The lowest BCUT2D eigenvalue weighted by Crippen LogP contribution is -2.56. The largest absolute Gasteiger partial charge is 0.466 e. The van der Waals surface area contributed by atoms with Gasteiger partial charge in [-0.25, -0.2) is 0 Å². The minimum atomic E-state index is -0.293. The molecule has 0 N–H and O–H groups in total. The van der Waals surface area contributed by atoms with Crippen molar-refractivity contribution in [2.45, 2.75) is 131 Å². The quantitative estimate of drug-likeness (QED) is 0.155. The summed E-state index contributed by atoms with van der Waals surface area (Å²) in [6.07, 6.45) is 0. The zero-order valence-corrected chi connectivity index (χ0v) is 50.2. The van der Waals surface area contributed by atoms with Crippen molar-refractivity contribution in [3.8, 4) is 33.4 Å². The summed E-state index contributed by atoms with van der Waals surface area (Å²) < 4.78 is 10.3. The lowest BCUT2D eigenvalue weighted by Gasteiger charge is -2.40. The van der Waals surface area contributed by atoms with Gasteiger partial charge in [0.2, 0.25) is 0 Å². The van der Waals surface area contributed by atoms with E-state index in [4.69, 9.17) is 4.42 Å². The van der Waals surface area contributed by atoms with Crippen molar-refractivity contribution < 1.29 is 4.42 Å². The van der Waals surface area contributed by atoms with Gasteiger partial charge in [0, 0.05) is 55.4 Å². The normalized spacial score (nSPS) is 13.6. The average molecular weight is 1060 g/mol. The van der Waals surface area contributed by atoms with Gasteiger partial charge in [0.05, 0.1) is 17.1 Å². The monoisotopic (exact) mass is 1060 g/mol. The van der Waals surface area contributed by atoms with E-state index in [1.807, 2.05) is 0 Å². The van der Waals surface area contributed by atoms with Crippen LogP contribution in [0, 0.1) is 0 Å². The lowest BCUT2D eigenvalue weighted by molar-refractivity contribution is 0.590. The molecule has 4 heterocycles. The molecule has 0 saturated heterocycles. The van der Waals surface area contributed by atoms with Crippen molar-refractivity contribution in [2.75, 3.05) is 9.80 Å². The molecule has 2 aliphatic heterocycles. The van der Waals surface area contributed by atoms with Crippen molar-refractivity contribution in [1.82, 2.24) is 4.48 Å². The summed E-state index contributed by atoms with van der Waals surface area (Å²) >= 11 is 0. The molecule has 13 rings (SSSR count). The summed E-state index contributed by atoms with van der Waals surface area (Å²) in [6, 6.07) is 71.7. The molecule has 5 heteroatoms. The van der Waals surface area contributed by atoms with Crippen molar-refractivity contribution >= 4 is 84.9 Å². The summed E-state index contributed by atoms with van der Waals surface area (Å²) in [5.41, 5.74) is 25.5. The van der Waals surface area contributed by atoms with Crippen molar-refractivity contribution in [2.24, 2.45) is 0 Å². The maximum absolute atomic E-state index is 7.58. The third-order valence-electron chi connectivity index (χ3n) is 17.6. The van der Waals surface area contributed by atoms with E-state index in [-0.39, 0.29) is 33.9 Å². The van der Waals surface area contributed by atoms with Crippen LogP contribution in [0.25, 0.3) is 66.2 Å². The maximum Gasteiger partial charge on any atom is 0.375 e. The first-order valence-electron chi connectivity index (χ1n) is 29.3. The van der Waals surface area contributed by atoms with Crippen LogP contribution in [0.4, 0.5) is 34.1 Å². The fourth-order valence-corrected chi connectivity index (χ4v) is 12.8. The first-order chi connectivity index (χ1) is 38.3. The van der Waals surface area contributed by atoms with Gasteiger partial charge in [0.1, 0.15) is 11.2 Å². The van der Waals surface area contributed by atoms with Gasteiger partial charge in [-0.15, -0.1) is 0 Å². The van der Waals surface area contributed by atoms with Crippen molar-refractivity contribution in [1.29, 1.82) is 0 Å². The Balaban J connectivity index is 1.19. The molecule has 404 valence electrons. The Hall–Kier alpha value is -8.02. The molecular formula is C76H76BN3O. The third-order valence-corrected chi connectivity index (χ3v) is 17.6. The molecule has 2 aliphatic rings. The van der Waals surface area contributed by atoms with E-state index >= 15 is 0 Å². The van der Waals surface area contributed by atoms with Gasteiger partial charge < -0.3 is 18.7 Å². The highest BCUT2D eigenvalue weighted by Crippen LogP contribution is 2.54. The molecule has 2 aromatic heterocycles. The molecular weight excluding hydrogens is 982 g/mol. The second kappa shape index (κ2) is 18.2. The number of hydrogen-bond acceptors (Lipinski definition) is 3. The predicted molar refractivity (Wildman–Crippen MR) is 349 cm³/mol. The molecule has 81 heavy (non-hydrogen) atoms. The Labute approximate surface area is 481 Å². The van der Waals surface area contributed by atoms with Crippen LogP contribution in [0.15, 0.2) is 192 Å². The molecule has 9 aromatic carbocycles. The summed E-state index contributed by atoms with van der Waals surface area (Å²) in [4.78, 5) is 5.13. The van der Waals surface area contributed by atoms with E-state index in [1.165, 1.54) is 77.5 Å². The van der Waals surface area contributed by atoms with Crippen LogP contribution in [0.2, 0.25) is 0 Å². The van der Waals surface area contributed by atoms with Crippen LogP contribution < -0.4 is 20.9 Å². The van der Waals surface area contributed by atoms with E-state index in [0.717, 1.165) is 61.8 Å². The van der Waals surface area contributed by atoms with E-state index in [2.05, 4.69) is 306 Å². The minimum Gasteiger partial charge on any atom is -0.466 e. The third kappa shape index (κ3) is 8.64. The Kier molecular flexibility index (Phi) is 11.8. The molecule has 0 amide bonds. The molecule has 0 radical (unpaired) electrons. The molecule has 0 aliphatic carbocycles. The van der Waals surface area contributed by atoms with Gasteiger partial charge in [0.15, 0.2) is 0 Å². The molecule has 0 unspecified atom stereocenters. The molecule has 0 spiro atoms. The van der Waals surface area contributed by atoms with Gasteiger partial charge in [-0.1, -0.05) is 225 Å². The van der Waals surface area contributed by atoms with Gasteiger partial charge in [-0.3, -0.25) is 0 Å². The standard InChI is InChI=1S/C76H76BN3O/c1-72(2,3)50-27-33-55(34-28-50)78(64-42-49(47-22-18-16-19-23-47)26-37-57(64)48-24-20-17-21-25-48)63-40-38-58-59-45-54(76(13,14)15)46-65-68(59)77(80-62-39-31-52(74(7,8)9)43-60(62)67(63)69(58)80)71-70(61-44-53(75(10,11)12)32-41-66(61)81-71)79(65)56-35-29-51(30-36-56)73(4,5)6/h16-46H,1-15H3. The topological polar surface area (TPSA) is 24.6 Å². The van der Waals surface area contributed by atoms with Crippen LogP contribution in [-0.4, -0.2) is 11.3 Å². The first kappa shape index (κ1) is 52.4. The van der Waals surface area contributed by atoms with Crippen molar-refractivity contribution in [3.05, 3.63) is 216 Å². The van der Waals surface area contributed by atoms with Crippen molar-refractivity contribution in [3.63, 3.8) is 0 Å². The number of fused-ring (bicyclic) bond motifs is 9. The molecule has 4 nitrogen and oxygen atoms in total. The number of nitrogens with zero attached hydrogens (tertiary/aromatic N) is 3. The second-order valence-corrected chi connectivity index (χ2v) is 28.3. The Bertz CT molecular complexity index is 4280. The van der Waals surface area contributed by atoms with Gasteiger partial charge in [-0.2, -0.15) is 0 Å². The highest BCUT2D eigenvalue weighted by molar-refractivity contribution is 6.89. The van der Waals surface area contributed by atoms with Gasteiger partial charge >= 0.3 is 6.85 Å². The summed E-state index contributed by atoms with van der Waals surface area (Å²) in [6.45, 7) is 34.6. The van der Waals surface area contributed by atoms with Gasteiger partial charge in [0.25, 0.3) is 0 Å². The highest BCUT2D eigenvalue weighted by Gasteiger charge is 2.48. The molecule has 0 bridgehead atoms. The Morgan fingerprint density at radius 1 is 0.407 bits per heavy atom. The minimum absolute atomic E-state index is 0.00147. The smallest absolute Gasteiger partial charge is 0.375 e. The summed E-state index contributed by atoms with van der Waals surface area (Å²) in [7, 11) is 0. The Morgan fingerprint density at radius 3 is 1.56 bits per heavy atom. The zero-order valence-electron chi connectivity index (χ0n) is 50.2. The fourth-order valence-electron chi connectivity index (χ4n) is 12.8. The number of furan rings is 1. The number of anilines is 6. The Morgan fingerprint density at radius 2 is 0.951 bits per heavy atom. The summed E-state index contributed by atoms with van der Waals surface area (Å²) in [5, 5.41) is 3.58. The van der Waals surface area contributed by atoms with E-state index in [9.17, 15) is 0 Å². The number of aromatic nitrogens is 1. The predicted octanol–water partition coefficient (Wildman–Crippen LogP) is 20.2. The van der Waals surface area contributed by atoms with Crippen LogP contribution >= 0.6 is 0 Å². The first-order valence-corrected chi connectivity index (χ1v) is 29.3. The second-order valence-electron chi connectivity index (χ2n) is 28.3. The maximum atomic E-state index is 7.58. The number of hydrogen-bond donors (Lipinski definition) is 0. The van der Waals surface area contributed by atoms with E-state index in [1.54, 1.807) is 0 Å². The van der Waals surface area contributed by atoms with Gasteiger partial charge in [-0.05, 0) is 149 Å². The average Bonchev–Trinajstić information content (AvgIpc) is 4.18. The number of rotatable bonds is 6. The molecule has 0 fully saturated rings. The highest BCUT2D eigenvalue weighted by atomic mass is 16.3. The van der Waals surface area contributed by atoms with E-state index < -0.39 is 0 Å². The number of benzene rings is 9. The lowest BCUT2D eigenvalue weighted by atomic mass is 9.47. The van der Waals surface area contributed by atoms with Crippen LogP contribution in [0.5, 0.6) is 0 Å². The molecule has 11 aromatic rings. The molecule has 0 atom stereocenters. The van der Waals surface area contributed by atoms with Crippen LogP contribution in [0.1, 0.15) is 132 Å².